The molecule has 3 nitrogen and oxygen atoms in total. The Labute approximate surface area is 59.2 Å². The minimum Gasteiger partial charge on any atom is -0.432 e. The molecule has 0 fully saturated rings. The highest BCUT2D eigenvalue weighted by molar-refractivity contribution is 8.06. The van der Waals surface area contributed by atoms with E-state index in [1.807, 2.05) is 0 Å². The molecule has 0 spiro atoms. The van der Waals surface area contributed by atoms with Crippen molar-refractivity contribution in [2.24, 2.45) is 0 Å². The van der Waals surface area contributed by atoms with Crippen molar-refractivity contribution in [3.63, 3.8) is 0 Å². The topological polar surface area (TPSA) is 49.7 Å². The number of rotatable bonds is 2. The monoisotopic (exact) mass is 168 g/mol. The molecule has 0 bridgehead atoms. The number of allylic oxidation sites excluding steroid dienone is 1. The standard InChI is InChI=1S/C4H9O3PS/c1-4(2)3-7-8(5,6)9/h3H,1-2H3,(H2,5,6,9). The molecule has 0 unspecified atom stereocenters. The number of hydrogen-bond acceptors (Lipinski definition) is 2. The van der Waals surface area contributed by atoms with E-state index in [2.05, 4.69) is 16.3 Å². The van der Waals surface area contributed by atoms with Crippen LogP contribution in [0.2, 0.25) is 0 Å². The van der Waals surface area contributed by atoms with Crippen LogP contribution in [-0.2, 0) is 16.3 Å². The van der Waals surface area contributed by atoms with Gasteiger partial charge in [0.15, 0.2) is 0 Å². The summed E-state index contributed by atoms with van der Waals surface area (Å²) < 4.78 is 4.37. The molecule has 0 aromatic carbocycles. The van der Waals surface area contributed by atoms with Crippen LogP contribution in [0.4, 0.5) is 0 Å². The van der Waals surface area contributed by atoms with Crippen LogP contribution in [0.5, 0.6) is 0 Å². The third-order valence-electron chi connectivity index (χ3n) is 0.426. The van der Waals surface area contributed by atoms with Gasteiger partial charge in [0, 0.05) is 11.8 Å². The van der Waals surface area contributed by atoms with Gasteiger partial charge in [0.1, 0.15) is 0 Å². The predicted octanol–water partition coefficient (Wildman–Crippen LogP) is 1.14. The maximum atomic E-state index is 8.48. The van der Waals surface area contributed by atoms with Gasteiger partial charge in [-0.3, -0.25) is 0 Å². The van der Waals surface area contributed by atoms with Gasteiger partial charge in [-0.15, -0.1) is 0 Å². The molecule has 0 amide bonds. The Morgan fingerprint density at radius 1 is 1.56 bits per heavy atom. The second-order valence-corrected chi connectivity index (χ2v) is 4.41. The lowest BCUT2D eigenvalue weighted by Gasteiger charge is -2.04. The van der Waals surface area contributed by atoms with Crippen LogP contribution in [0.25, 0.3) is 0 Å². The summed E-state index contributed by atoms with van der Waals surface area (Å²) in [6.07, 6.45) is 1.24. The Balaban J connectivity index is 3.79. The lowest BCUT2D eigenvalue weighted by Crippen LogP contribution is -1.78. The van der Waals surface area contributed by atoms with Crippen LogP contribution in [-0.4, -0.2) is 9.79 Å². The summed E-state index contributed by atoms with van der Waals surface area (Å²) in [4.78, 5) is 17.0. The average Bonchev–Trinajstić information content (AvgIpc) is 1.59. The third kappa shape index (κ3) is 8.11. The summed E-state index contributed by atoms with van der Waals surface area (Å²) in [5.74, 6) is 0. The van der Waals surface area contributed by atoms with Crippen LogP contribution in [0.3, 0.4) is 0 Å². The van der Waals surface area contributed by atoms with Crippen molar-refractivity contribution in [2.45, 2.75) is 13.8 Å². The molecule has 54 valence electrons. The quantitative estimate of drug-likeness (QED) is 0.479. The fraction of sp³-hybridized carbons (Fsp3) is 0.500. The highest BCUT2D eigenvalue weighted by Gasteiger charge is 2.03. The van der Waals surface area contributed by atoms with Crippen molar-refractivity contribution in [2.75, 3.05) is 0 Å². The summed E-state index contributed by atoms with van der Waals surface area (Å²) in [6.45, 7) is 0.0750. The Kier molecular flexibility index (Phi) is 3.36. The molecule has 0 atom stereocenters. The highest BCUT2D eigenvalue weighted by Crippen LogP contribution is 2.36. The molecule has 9 heavy (non-hydrogen) atoms. The zero-order valence-corrected chi connectivity index (χ0v) is 6.95. The molecule has 0 rings (SSSR count). The molecule has 5 heteroatoms. The Morgan fingerprint density at radius 3 is 2.11 bits per heavy atom. The summed E-state index contributed by atoms with van der Waals surface area (Å²) in [6, 6.07) is 0. The van der Waals surface area contributed by atoms with E-state index >= 15 is 0 Å². The molecule has 0 saturated carbocycles. The second-order valence-electron chi connectivity index (χ2n) is 1.79. The van der Waals surface area contributed by atoms with Gasteiger partial charge in [0.2, 0.25) is 0 Å². The molecule has 0 aromatic rings. The minimum atomic E-state index is -3.46. The summed E-state index contributed by atoms with van der Waals surface area (Å²) in [5.41, 5.74) is 0.840. The normalized spacial score (nSPS) is 10.7. The van der Waals surface area contributed by atoms with Gasteiger partial charge in [-0.1, -0.05) is 0 Å². The molecule has 0 aromatic heterocycles. The van der Waals surface area contributed by atoms with Gasteiger partial charge >= 0.3 is 6.72 Å². The van der Waals surface area contributed by atoms with Gasteiger partial charge in [-0.2, -0.15) is 0 Å². The SMILES string of the molecule is CC(C)=COP(O)(O)=S. The maximum absolute atomic E-state index is 8.48. The van der Waals surface area contributed by atoms with Crippen molar-refractivity contribution in [3.8, 4) is 0 Å². The van der Waals surface area contributed by atoms with Crippen LogP contribution < -0.4 is 0 Å². The fourth-order valence-electron chi connectivity index (χ4n) is 0.174. The predicted molar refractivity (Wildman–Crippen MR) is 39.2 cm³/mol. The van der Waals surface area contributed by atoms with Crippen LogP contribution >= 0.6 is 6.72 Å². The Morgan fingerprint density at radius 2 is 2.00 bits per heavy atom. The molecule has 0 saturated heterocycles. The maximum Gasteiger partial charge on any atom is 0.374 e. The molecular weight excluding hydrogens is 159 g/mol. The first-order valence-corrected chi connectivity index (χ1v) is 4.92. The number of hydrogen-bond donors (Lipinski definition) is 2. The van der Waals surface area contributed by atoms with E-state index in [-0.39, 0.29) is 0 Å². The minimum absolute atomic E-state index is 0.840. The first-order chi connectivity index (χ1) is 3.92. The first kappa shape index (κ1) is 9.11. The molecule has 0 radical (unpaired) electrons. The highest BCUT2D eigenvalue weighted by atomic mass is 32.5. The van der Waals surface area contributed by atoms with E-state index in [4.69, 9.17) is 9.79 Å². The molecule has 0 aliphatic carbocycles. The Bertz CT molecular complexity index is 155. The summed E-state index contributed by atoms with van der Waals surface area (Å²) in [7, 11) is 0. The first-order valence-electron chi connectivity index (χ1n) is 2.29. The van der Waals surface area contributed by atoms with Crippen molar-refractivity contribution >= 4 is 18.5 Å². The van der Waals surface area contributed by atoms with E-state index < -0.39 is 6.72 Å². The van der Waals surface area contributed by atoms with E-state index in [0.29, 0.717) is 0 Å². The van der Waals surface area contributed by atoms with Crippen LogP contribution in [0, 0.1) is 0 Å². The largest absolute Gasteiger partial charge is 0.432 e. The van der Waals surface area contributed by atoms with Gasteiger partial charge in [0.25, 0.3) is 0 Å². The summed E-state index contributed by atoms with van der Waals surface area (Å²) >= 11 is 4.16. The van der Waals surface area contributed by atoms with Crippen molar-refractivity contribution in [1.29, 1.82) is 0 Å². The molecular formula is C4H9O3PS. The fourth-order valence-corrected chi connectivity index (χ4v) is 0.651. The smallest absolute Gasteiger partial charge is 0.374 e. The van der Waals surface area contributed by atoms with Gasteiger partial charge < -0.3 is 14.3 Å². The van der Waals surface area contributed by atoms with Gasteiger partial charge in [0.05, 0.1) is 6.26 Å². The van der Waals surface area contributed by atoms with E-state index in [1.54, 1.807) is 13.8 Å². The van der Waals surface area contributed by atoms with E-state index in [9.17, 15) is 0 Å². The average molecular weight is 168 g/mol. The third-order valence-corrected chi connectivity index (χ3v) is 1.06. The second kappa shape index (κ2) is 3.32. The molecule has 0 aliphatic heterocycles. The lowest BCUT2D eigenvalue weighted by molar-refractivity contribution is 0.336. The molecule has 0 aliphatic rings. The van der Waals surface area contributed by atoms with Gasteiger partial charge in [-0.25, -0.2) is 0 Å². The molecule has 0 heterocycles. The van der Waals surface area contributed by atoms with Crippen molar-refractivity contribution in [3.05, 3.63) is 11.8 Å². The van der Waals surface area contributed by atoms with E-state index in [0.717, 1.165) is 5.57 Å². The summed E-state index contributed by atoms with van der Waals surface area (Å²) in [5, 5.41) is 0. The zero-order valence-electron chi connectivity index (χ0n) is 5.24. The lowest BCUT2D eigenvalue weighted by atomic mass is 10.4. The Hall–Kier alpha value is 0.110. The molecule has 2 N–H and O–H groups in total. The van der Waals surface area contributed by atoms with Crippen molar-refractivity contribution < 1.29 is 14.3 Å². The van der Waals surface area contributed by atoms with Crippen LogP contribution in [0.1, 0.15) is 13.8 Å². The zero-order chi connectivity index (χ0) is 7.49. The van der Waals surface area contributed by atoms with Crippen molar-refractivity contribution in [1.82, 2.24) is 0 Å². The van der Waals surface area contributed by atoms with E-state index in [1.165, 1.54) is 6.26 Å². The van der Waals surface area contributed by atoms with Gasteiger partial charge in [-0.05, 0) is 19.4 Å². The van der Waals surface area contributed by atoms with Crippen LogP contribution in [0.15, 0.2) is 11.8 Å².